The minimum atomic E-state index is -0.496. The number of anilines is 1. The minimum absolute atomic E-state index is 0.00843. The first-order chi connectivity index (χ1) is 24.2. The van der Waals surface area contributed by atoms with Gasteiger partial charge in [0.15, 0.2) is 17.3 Å². The molecule has 50 heavy (non-hydrogen) atoms. The van der Waals surface area contributed by atoms with Gasteiger partial charge in [0.2, 0.25) is 11.7 Å². The van der Waals surface area contributed by atoms with E-state index >= 15 is 0 Å². The summed E-state index contributed by atoms with van der Waals surface area (Å²) in [6.07, 6.45) is 9.28. The quantitative estimate of drug-likeness (QED) is 0.307. The van der Waals surface area contributed by atoms with E-state index in [-0.39, 0.29) is 53.2 Å². The van der Waals surface area contributed by atoms with Crippen LogP contribution in [0.4, 0.5) is 5.69 Å². The molecule has 3 fully saturated rings. The van der Waals surface area contributed by atoms with Crippen LogP contribution in [0.1, 0.15) is 103 Å². The lowest BCUT2D eigenvalue weighted by molar-refractivity contribution is -0.116. The maximum Gasteiger partial charge on any atom is 0.279 e. The SMILES string of the molecule is Cc1ncnc(C(=O)N2CC[C@@]3(C[C@H](C)c4c3c(=O)n3nc(C5=CCOCC5)nc3n4CC(=O)Nc3ccc(C4CC4)cc3)[C@@H]3CC[C@@H]32)c1O. The third-order valence-electron chi connectivity index (χ3n) is 11.8. The van der Waals surface area contributed by atoms with E-state index in [1.54, 1.807) is 6.92 Å². The van der Waals surface area contributed by atoms with Crippen LogP contribution in [-0.4, -0.2) is 76.8 Å². The minimum Gasteiger partial charge on any atom is -0.504 e. The van der Waals surface area contributed by atoms with Crippen LogP contribution in [0.15, 0.2) is 41.5 Å². The largest absolute Gasteiger partial charge is 0.504 e. The Hall–Kier alpha value is -4.91. The predicted octanol–water partition coefficient (Wildman–Crippen LogP) is 4.08. The molecule has 0 bridgehead atoms. The van der Waals surface area contributed by atoms with Crippen molar-refractivity contribution in [3.63, 3.8) is 0 Å². The van der Waals surface area contributed by atoms with E-state index in [1.165, 1.54) is 29.2 Å². The van der Waals surface area contributed by atoms with Crippen molar-refractivity contribution in [2.24, 2.45) is 5.92 Å². The van der Waals surface area contributed by atoms with Gasteiger partial charge < -0.3 is 24.6 Å². The summed E-state index contributed by atoms with van der Waals surface area (Å²) < 4.78 is 8.82. The molecule has 0 radical (unpaired) electrons. The number of aromatic nitrogens is 6. The van der Waals surface area contributed by atoms with Gasteiger partial charge in [0, 0.05) is 34.9 Å². The summed E-state index contributed by atoms with van der Waals surface area (Å²) in [6, 6.07) is 7.97. The lowest BCUT2D eigenvalue weighted by Crippen LogP contribution is -2.63. The number of nitrogens with zero attached hydrogens (tertiary/aromatic N) is 7. The second-order valence-corrected chi connectivity index (χ2v) is 14.7. The zero-order valence-electron chi connectivity index (χ0n) is 28.3. The molecule has 2 saturated carbocycles. The molecule has 2 amide bonds. The first kappa shape index (κ1) is 31.1. The number of rotatable bonds is 6. The Kier molecular flexibility index (Phi) is 7.20. The van der Waals surface area contributed by atoms with Crippen molar-refractivity contribution in [1.29, 1.82) is 0 Å². The second kappa shape index (κ2) is 11.6. The molecule has 1 spiro atoms. The molecular formula is C37H40N8O5. The molecule has 5 aliphatic rings. The number of piperidine rings is 1. The number of benzene rings is 1. The first-order valence-corrected chi connectivity index (χ1v) is 17.8. The Bertz CT molecular complexity index is 2150. The summed E-state index contributed by atoms with van der Waals surface area (Å²) >= 11 is 0. The third kappa shape index (κ3) is 4.80. The molecule has 2 N–H and O–H groups in total. The Morgan fingerprint density at radius 1 is 1.12 bits per heavy atom. The van der Waals surface area contributed by atoms with E-state index in [4.69, 9.17) is 14.8 Å². The molecule has 3 aliphatic carbocycles. The summed E-state index contributed by atoms with van der Waals surface area (Å²) in [7, 11) is 0. The van der Waals surface area contributed by atoms with Crippen molar-refractivity contribution in [3.8, 4) is 5.75 Å². The fraction of sp³-hybridized carbons (Fsp3) is 0.486. The van der Waals surface area contributed by atoms with Gasteiger partial charge in [-0.3, -0.25) is 14.4 Å². The zero-order chi connectivity index (χ0) is 34.3. The van der Waals surface area contributed by atoms with Gasteiger partial charge in [-0.2, -0.15) is 9.50 Å². The number of amides is 2. The topological polar surface area (TPSA) is 157 Å². The third-order valence-corrected chi connectivity index (χ3v) is 11.8. The summed E-state index contributed by atoms with van der Waals surface area (Å²) in [5, 5.41) is 18.5. The molecular weight excluding hydrogens is 636 g/mol. The van der Waals surface area contributed by atoms with Crippen molar-refractivity contribution in [2.75, 3.05) is 25.1 Å². The van der Waals surface area contributed by atoms with Crippen LogP contribution in [-0.2, 0) is 21.5 Å². The maximum absolute atomic E-state index is 14.7. The van der Waals surface area contributed by atoms with E-state index in [1.807, 2.05) is 27.7 Å². The molecule has 1 saturated heterocycles. The average Bonchev–Trinajstić information content (AvgIpc) is 3.78. The number of hydrogen-bond acceptors (Lipinski definition) is 9. The molecule has 5 heterocycles. The molecule has 4 atom stereocenters. The van der Waals surface area contributed by atoms with Crippen LogP contribution >= 0.6 is 0 Å². The van der Waals surface area contributed by atoms with Gasteiger partial charge in [-0.15, -0.1) is 5.10 Å². The van der Waals surface area contributed by atoms with Crippen molar-refractivity contribution in [2.45, 2.75) is 88.6 Å². The van der Waals surface area contributed by atoms with Crippen LogP contribution < -0.4 is 10.9 Å². The summed E-state index contributed by atoms with van der Waals surface area (Å²) in [6.45, 7) is 5.17. The molecule has 13 nitrogen and oxygen atoms in total. The van der Waals surface area contributed by atoms with Crippen LogP contribution in [0.3, 0.4) is 0 Å². The highest BCUT2D eigenvalue weighted by Crippen LogP contribution is 2.59. The number of hydrogen-bond donors (Lipinski definition) is 2. The second-order valence-electron chi connectivity index (χ2n) is 14.7. The lowest BCUT2D eigenvalue weighted by atomic mass is 9.55. The standard InChI is InChI=1S/C37H40N8O5/c1-20-17-37(13-14-43(27-10-9-26(27)37)35(49)30-32(47)21(2)38-19-39-30)29-31(20)44(18-28(46)40-25-7-5-23(6-8-25)22-3-4-22)36-41-33(42-45(36)34(29)48)24-11-15-50-16-12-24/h5-8,11,19-20,22,26-27,47H,3-4,9-10,12-18H2,1-2H3,(H,40,46)/t20-,26+,27-,37+/m0/s1. The average molecular weight is 677 g/mol. The number of fused-ring (bicyclic) bond motifs is 5. The van der Waals surface area contributed by atoms with E-state index < -0.39 is 5.41 Å². The number of carbonyl (C=O) groups excluding carboxylic acids is 2. The number of carbonyl (C=O) groups is 2. The Morgan fingerprint density at radius 2 is 1.94 bits per heavy atom. The molecule has 3 aromatic heterocycles. The van der Waals surface area contributed by atoms with Gasteiger partial charge in [-0.1, -0.05) is 25.1 Å². The maximum atomic E-state index is 14.7. The molecule has 1 aromatic carbocycles. The normalized spacial score (nSPS) is 25.6. The van der Waals surface area contributed by atoms with Gasteiger partial charge in [0.05, 0.1) is 18.9 Å². The van der Waals surface area contributed by atoms with Gasteiger partial charge >= 0.3 is 0 Å². The summed E-state index contributed by atoms with van der Waals surface area (Å²) in [4.78, 5) is 57.2. The highest BCUT2D eigenvalue weighted by molar-refractivity contribution is 5.95. The molecule has 4 aromatic rings. The van der Waals surface area contributed by atoms with E-state index in [9.17, 15) is 19.5 Å². The number of nitrogens with one attached hydrogen (secondary N) is 1. The van der Waals surface area contributed by atoms with Crippen LogP contribution in [0.5, 0.6) is 5.75 Å². The Labute approximate surface area is 288 Å². The van der Waals surface area contributed by atoms with Crippen molar-refractivity contribution in [1.82, 2.24) is 34.0 Å². The number of likely N-dealkylation sites (tertiary alicyclic amines) is 1. The van der Waals surface area contributed by atoms with Crippen LogP contribution in [0.25, 0.3) is 11.4 Å². The monoisotopic (exact) mass is 676 g/mol. The molecule has 258 valence electrons. The summed E-state index contributed by atoms with van der Waals surface area (Å²) in [5.41, 5.74) is 4.13. The zero-order valence-corrected chi connectivity index (χ0v) is 28.3. The Balaban J connectivity index is 1.11. The van der Waals surface area contributed by atoms with Gasteiger partial charge in [0.25, 0.3) is 11.5 Å². The fourth-order valence-corrected chi connectivity index (χ4v) is 9.17. The van der Waals surface area contributed by atoms with E-state index in [0.29, 0.717) is 61.4 Å². The van der Waals surface area contributed by atoms with Crippen molar-refractivity contribution < 1.29 is 19.4 Å². The number of aryl methyl sites for hydroxylation is 1. The van der Waals surface area contributed by atoms with Gasteiger partial charge in [0.1, 0.15) is 12.9 Å². The van der Waals surface area contributed by atoms with E-state index in [2.05, 4.69) is 34.3 Å². The smallest absolute Gasteiger partial charge is 0.279 e. The van der Waals surface area contributed by atoms with Gasteiger partial charge in [-0.25, -0.2) is 9.97 Å². The van der Waals surface area contributed by atoms with Crippen molar-refractivity contribution in [3.05, 3.63) is 81.1 Å². The molecule has 13 heteroatoms. The van der Waals surface area contributed by atoms with Crippen LogP contribution in [0, 0.1) is 12.8 Å². The molecule has 0 unspecified atom stereocenters. The van der Waals surface area contributed by atoms with E-state index in [0.717, 1.165) is 36.2 Å². The molecule has 9 rings (SSSR count). The lowest BCUT2D eigenvalue weighted by Gasteiger charge is -2.57. The predicted molar refractivity (Wildman–Crippen MR) is 183 cm³/mol. The summed E-state index contributed by atoms with van der Waals surface area (Å²) in [5.74, 6) is 0.737. The van der Waals surface area contributed by atoms with Gasteiger partial charge in [-0.05, 0) is 92.9 Å². The highest BCUT2D eigenvalue weighted by Gasteiger charge is 2.60. The first-order valence-electron chi connectivity index (χ1n) is 17.8. The van der Waals surface area contributed by atoms with Crippen LogP contribution in [0.2, 0.25) is 0 Å². The van der Waals surface area contributed by atoms with Crippen molar-refractivity contribution >= 4 is 28.9 Å². The number of ether oxygens (including phenoxy) is 1. The molecule has 2 aliphatic heterocycles. The fourth-order valence-electron chi connectivity index (χ4n) is 9.17. The highest BCUT2D eigenvalue weighted by atomic mass is 16.5. The Morgan fingerprint density at radius 3 is 2.66 bits per heavy atom. The number of aromatic hydroxyl groups is 1.